The Morgan fingerprint density at radius 2 is 1.75 bits per heavy atom. The van der Waals surface area contributed by atoms with Crippen molar-refractivity contribution >= 4 is 41.1 Å². The Kier molecular flexibility index (Phi) is 11.9. The smallest absolute Gasteiger partial charge is 0.408 e. The van der Waals surface area contributed by atoms with Gasteiger partial charge in [-0.25, -0.2) is 4.79 Å². The van der Waals surface area contributed by atoms with Gasteiger partial charge in [0, 0.05) is 13.0 Å². The van der Waals surface area contributed by atoms with Crippen LogP contribution in [0.5, 0.6) is 0 Å². The summed E-state index contributed by atoms with van der Waals surface area (Å²) in [5, 5.41) is 15.6. The molecule has 10 nitrogen and oxygen atoms in total. The average molecular weight is 575 g/mol. The van der Waals surface area contributed by atoms with Crippen molar-refractivity contribution in [3.05, 3.63) is 64.2 Å². The lowest BCUT2D eigenvalue weighted by Gasteiger charge is -2.34. The Morgan fingerprint density at radius 3 is 2.27 bits per heavy atom. The second kappa shape index (κ2) is 14.7. The average Bonchev–Trinajstić information content (AvgIpc) is 2.87. The molecule has 40 heavy (non-hydrogen) atoms. The number of primary amides is 1. The number of para-hydroxylation sites is 1. The predicted molar refractivity (Wildman–Crippen MR) is 154 cm³/mol. The molecule has 2 atom stereocenters. The first-order valence-corrected chi connectivity index (χ1v) is 13.5. The molecule has 0 fully saturated rings. The molecule has 0 aliphatic rings. The minimum absolute atomic E-state index is 0.137. The van der Waals surface area contributed by atoms with Gasteiger partial charge in [-0.3, -0.25) is 14.4 Å². The molecule has 0 aliphatic heterocycles. The number of aliphatic hydroxyl groups excluding tert-OH is 1. The van der Waals surface area contributed by atoms with E-state index < -0.39 is 48.1 Å². The van der Waals surface area contributed by atoms with E-state index in [2.05, 4.69) is 10.6 Å². The second-order valence-corrected chi connectivity index (χ2v) is 10.8. The number of hydrogen-bond donors (Lipinski definition) is 4. The van der Waals surface area contributed by atoms with Crippen LogP contribution in [-0.2, 0) is 25.5 Å². The highest BCUT2D eigenvalue weighted by Gasteiger charge is 2.36. The summed E-state index contributed by atoms with van der Waals surface area (Å²) < 4.78 is 5.31. The van der Waals surface area contributed by atoms with E-state index in [1.54, 1.807) is 58.0 Å². The lowest BCUT2D eigenvalue weighted by Crippen LogP contribution is -2.53. The summed E-state index contributed by atoms with van der Waals surface area (Å²) in [6, 6.07) is 9.87. The number of anilines is 1. The van der Waals surface area contributed by atoms with Crippen molar-refractivity contribution in [3.63, 3.8) is 0 Å². The molecule has 2 rings (SSSR count). The molecule has 0 bridgehead atoms. The minimum Gasteiger partial charge on any atom is -0.444 e. The second-order valence-electron chi connectivity index (χ2n) is 10.4. The van der Waals surface area contributed by atoms with Crippen molar-refractivity contribution < 1.29 is 29.0 Å². The molecule has 5 N–H and O–H groups in total. The summed E-state index contributed by atoms with van der Waals surface area (Å²) in [6.45, 7) is 8.08. The number of rotatable bonds is 12. The van der Waals surface area contributed by atoms with Gasteiger partial charge in [0.2, 0.25) is 11.8 Å². The first-order chi connectivity index (χ1) is 18.8. The number of nitrogens with one attached hydrogen (secondary N) is 2. The number of carbonyl (C=O) groups is 4. The van der Waals surface area contributed by atoms with E-state index in [0.29, 0.717) is 21.8 Å². The van der Waals surface area contributed by atoms with Crippen LogP contribution < -0.4 is 16.4 Å². The third-order valence-corrected chi connectivity index (χ3v) is 6.34. The Labute approximate surface area is 240 Å². The van der Waals surface area contributed by atoms with E-state index in [9.17, 15) is 24.3 Å². The van der Waals surface area contributed by atoms with E-state index in [1.807, 2.05) is 19.1 Å². The molecule has 11 heteroatoms. The van der Waals surface area contributed by atoms with Gasteiger partial charge in [0.05, 0.1) is 17.3 Å². The molecule has 0 aliphatic carbocycles. The van der Waals surface area contributed by atoms with Crippen LogP contribution >= 0.6 is 11.6 Å². The molecular weight excluding hydrogens is 536 g/mol. The predicted octanol–water partition coefficient (Wildman–Crippen LogP) is 3.87. The van der Waals surface area contributed by atoms with E-state index in [0.717, 1.165) is 12.0 Å². The lowest BCUT2D eigenvalue weighted by atomic mass is 9.99. The van der Waals surface area contributed by atoms with Gasteiger partial charge in [-0.1, -0.05) is 54.9 Å². The van der Waals surface area contributed by atoms with Gasteiger partial charge in [-0.05, 0) is 63.3 Å². The molecule has 4 amide bonds. The van der Waals surface area contributed by atoms with Crippen LogP contribution in [0.2, 0.25) is 5.02 Å². The fraction of sp³-hybridized carbons (Fsp3) is 0.448. The third kappa shape index (κ3) is 9.53. The number of benzene rings is 2. The zero-order valence-electron chi connectivity index (χ0n) is 23.6. The van der Waals surface area contributed by atoms with Crippen LogP contribution in [0.1, 0.15) is 63.3 Å². The number of carbonyl (C=O) groups excluding carboxylic acids is 4. The highest BCUT2D eigenvalue weighted by atomic mass is 35.5. The first-order valence-electron chi connectivity index (χ1n) is 13.1. The van der Waals surface area contributed by atoms with Crippen LogP contribution in [0.25, 0.3) is 0 Å². The summed E-state index contributed by atoms with van der Waals surface area (Å²) in [4.78, 5) is 53.2. The maximum atomic E-state index is 14.0. The Hall–Kier alpha value is -3.63. The van der Waals surface area contributed by atoms with Crippen molar-refractivity contribution in [1.82, 2.24) is 10.2 Å². The maximum absolute atomic E-state index is 14.0. The number of nitrogens with zero attached hydrogens (tertiary/aromatic N) is 1. The van der Waals surface area contributed by atoms with Crippen molar-refractivity contribution in [1.29, 1.82) is 0 Å². The first kappa shape index (κ1) is 32.6. The fourth-order valence-electron chi connectivity index (χ4n) is 4.06. The monoisotopic (exact) mass is 574 g/mol. The number of amides is 4. The number of halogens is 1. The standard InChI is InChI=1S/C29H39ClN4O6/c1-6-19-10-12-20(13-11-19)25(26(37)33-24-18(2)8-7-9-21(24)30)34(16-17-35)27(38)22(14-15-23(31)36)32-28(39)40-29(3,4)5/h7-13,22,25,35H,6,14-17H2,1-5H3,(H2,31,36)(H,32,39)(H,33,37). The van der Waals surface area contributed by atoms with Crippen LogP contribution in [0.4, 0.5) is 10.5 Å². The topological polar surface area (TPSA) is 151 Å². The Bertz CT molecular complexity index is 1180. The molecule has 0 saturated carbocycles. The fourth-order valence-corrected chi connectivity index (χ4v) is 4.33. The van der Waals surface area contributed by atoms with Crippen molar-refractivity contribution in [2.75, 3.05) is 18.5 Å². The van der Waals surface area contributed by atoms with Crippen LogP contribution in [0, 0.1) is 6.92 Å². The maximum Gasteiger partial charge on any atom is 0.408 e. The van der Waals surface area contributed by atoms with E-state index >= 15 is 0 Å². The summed E-state index contributed by atoms with van der Waals surface area (Å²) in [7, 11) is 0. The van der Waals surface area contributed by atoms with Crippen molar-refractivity contribution in [2.24, 2.45) is 5.73 Å². The summed E-state index contributed by atoms with van der Waals surface area (Å²) in [5.74, 6) is -1.94. The molecule has 0 spiro atoms. The molecule has 2 aromatic rings. The van der Waals surface area contributed by atoms with Gasteiger partial charge in [0.15, 0.2) is 0 Å². The molecule has 0 heterocycles. The van der Waals surface area contributed by atoms with Crippen molar-refractivity contribution in [2.45, 2.75) is 71.6 Å². The molecule has 2 unspecified atom stereocenters. The van der Waals surface area contributed by atoms with Crippen LogP contribution in [-0.4, -0.2) is 58.6 Å². The van der Waals surface area contributed by atoms with Gasteiger partial charge in [-0.15, -0.1) is 0 Å². The van der Waals surface area contributed by atoms with Gasteiger partial charge in [-0.2, -0.15) is 0 Å². The molecule has 2 aromatic carbocycles. The number of aryl methyl sites for hydroxylation is 2. The quantitative estimate of drug-likeness (QED) is 0.302. The summed E-state index contributed by atoms with van der Waals surface area (Å²) >= 11 is 6.36. The SMILES string of the molecule is CCc1ccc(C(C(=O)Nc2c(C)cccc2Cl)N(CCO)C(=O)C(CCC(N)=O)NC(=O)OC(C)(C)C)cc1. The zero-order chi connectivity index (χ0) is 30.0. The van der Waals surface area contributed by atoms with Crippen LogP contribution in [0.15, 0.2) is 42.5 Å². The van der Waals surface area contributed by atoms with Gasteiger partial charge in [0.25, 0.3) is 5.91 Å². The lowest BCUT2D eigenvalue weighted by molar-refractivity contribution is -0.141. The summed E-state index contributed by atoms with van der Waals surface area (Å²) in [6.07, 6.45) is -0.453. The van der Waals surface area contributed by atoms with E-state index in [-0.39, 0.29) is 19.4 Å². The number of ether oxygens (including phenoxy) is 1. The number of nitrogens with two attached hydrogens (primary N) is 1. The van der Waals surface area contributed by atoms with E-state index in [4.69, 9.17) is 22.1 Å². The molecule has 218 valence electrons. The van der Waals surface area contributed by atoms with E-state index in [1.165, 1.54) is 4.90 Å². The number of hydrogen-bond acceptors (Lipinski definition) is 6. The number of aliphatic hydroxyl groups is 1. The summed E-state index contributed by atoms with van der Waals surface area (Å²) in [5.41, 5.74) is 7.08. The van der Waals surface area contributed by atoms with Gasteiger partial charge >= 0.3 is 6.09 Å². The molecule has 0 aromatic heterocycles. The zero-order valence-corrected chi connectivity index (χ0v) is 24.4. The van der Waals surface area contributed by atoms with Gasteiger partial charge < -0.3 is 31.1 Å². The molecular formula is C29H39ClN4O6. The largest absolute Gasteiger partial charge is 0.444 e. The molecule has 0 radical (unpaired) electrons. The Balaban J connectivity index is 2.55. The van der Waals surface area contributed by atoms with Crippen molar-refractivity contribution in [3.8, 4) is 0 Å². The van der Waals surface area contributed by atoms with Crippen LogP contribution in [0.3, 0.4) is 0 Å². The third-order valence-electron chi connectivity index (χ3n) is 6.03. The highest BCUT2D eigenvalue weighted by molar-refractivity contribution is 6.34. The number of alkyl carbamates (subject to hydrolysis) is 1. The van der Waals surface area contributed by atoms with Gasteiger partial charge in [0.1, 0.15) is 17.7 Å². The molecule has 0 saturated heterocycles. The normalized spacial score (nSPS) is 12.7. The Morgan fingerprint density at radius 1 is 1.10 bits per heavy atom. The minimum atomic E-state index is -1.26. The highest BCUT2D eigenvalue weighted by Crippen LogP contribution is 2.29.